The first-order valence-corrected chi connectivity index (χ1v) is 12.4. The van der Waals surface area contributed by atoms with E-state index in [1.807, 2.05) is 54.2 Å². The Morgan fingerprint density at radius 2 is 1.47 bits per heavy atom. The van der Waals surface area contributed by atoms with Crippen LogP contribution in [-0.2, 0) is 28.1 Å². The average Bonchev–Trinajstić information content (AvgIpc) is 3.29. The summed E-state index contributed by atoms with van der Waals surface area (Å²) in [5.74, 6) is 1.20. The Bertz CT molecular complexity index is 1730. The van der Waals surface area contributed by atoms with Crippen LogP contribution in [0.1, 0.15) is 24.0 Å². The molecule has 0 saturated heterocycles. The Kier molecular flexibility index (Phi) is 7.26. The number of phenolic OH excluding ortho intramolecular Hbond substituents is 1. The standard InChI is InChI=1S/C33H26N3O.Pt/c1-22(23-10-4-3-5-11-23)24-18-19-34-29(21-24)26-13-8-12-25(20-26)27-15-9-16-30-32(27)35-33(36(30)2)28-14-6-7-17-31(28)37;/h3-19,21-22,37H,1-2H3;/q-1;. The number of rotatable bonds is 5. The van der Waals surface area contributed by atoms with Gasteiger partial charge in [-0.1, -0.05) is 78.7 Å². The second kappa shape index (κ2) is 10.8. The van der Waals surface area contributed by atoms with E-state index in [1.165, 1.54) is 11.1 Å². The molecule has 6 aromatic rings. The minimum absolute atomic E-state index is 0. The maximum atomic E-state index is 10.4. The summed E-state index contributed by atoms with van der Waals surface area (Å²) in [6.07, 6.45) is 1.88. The summed E-state index contributed by atoms with van der Waals surface area (Å²) in [7, 11) is 1.98. The molecule has 0 bridgehead atoms. The molecule has 0 fully saturated rings. The molecule has 0 amide bonds. The van der Waals surface area contributed by atoms with E-state index >= 15 is 0 Å². The maximum Gasteiger partial charge on any atom is 0.143 e. The Morgan fingerprint density at radius 1 is 0.763 bits per heavy atom. The molecular formula is C33H26N3OPt-. The van der Waals surface area contributed by atoms with Gasteiger partial charge in [-0.2, -0.15) is 0 Å². The largest absolute Gasteiger partial charge is 0.507 e. The van der Waals surface area contributed by atoms with E-state index in [1.54, 1.807) is 6.07 Å². The molecule has 6 rings (SSSR count). The topological polar surface area (TPSA) is 50.9 Å². The monoisotopic (exact) mass is 675 g/mol. The maximum absolute atomic E-state index is 10.4. The Labute approximate surface area is 236 Å². The number of hydrogen-bond acceptors (Lipinski definition) is 3. The Balaban J connectivity index is 0.00000294. The van der Waals surface area contributed by atoms with Gasteiger partial charge in [-0.3, -0.25) is 4.98 Å². The molecule has 1 unspecified atom stereocenters. The normalized spacial score (nSPS) is 11.7. The van der Waals surface area contributed by atoms with Gasteiger partial charge in [-0.05, 0) is 35.4 Å². The van der Waals surface area contributed by atoms with E-state index in [4.69, 9.17) is 4.98 Å². The van der Waals surface area contributed by atoms with E-state index in [-0.39, 0.29) is 32.7 Å². The van der Waals surface area contributed by atoms with Crippen molar-refractivity contribution in [1.82, 2.24) is 14.5 Å². The van der Waals surface area contributed by atoms with Gasteiger partial charge in [-0.15, -0.1) is 29.8 Å². The number of aryl methyl sites for hydroxylation is 1. The van der Waals surface area contributed by atoms with Crippen LogP contribution in [0.4, 0.5) is 0 Å². The van der Waals surface area contributed by atoms with Crippen LogP contribution in [0.3, 0.4) is 0 Å². The van der Waals surface area contributed by atoms with Gasteiger partial charge < -0.3 is 9.67 Å². The number of hydrogen-bond donors (Lipinski definition) is 1. The van der Waals surface area contributed by atoms with Crippen molar-refractivity contribution in [2.75, 3.05) is 0 Å². The molecule has 0 radical (unpaired) electrons. The molecule has 4 aromatic carbocycles. The molecule has 0 spiro atoms. The number of nitrogens with zero attached hydrogens (tertiary/aromatic N) is 3. The van der Waals surface area contributed by atoms with E-state index in [9.17, 15) is 5.11 Å². The molecule has 2 aromatic heterocycles. The summed E-state index contributed by atoms with van der Waals surface area (Å²) in [5.41, 5.74) is 8.84. The molecule has 0 aliphatic heterocycles. The third-order valence-corrected chi connectivity index (χ3v) is 7.00. The number of phenols is 1. The molecule has 0 saturated carbocycles. The second-order valence-electron chi connectivity index (χ2n) is 9.27. The average molecular weight is 676 g/mol. The van der Waals surface area contributed by atoms with E-state index in [0.717, 1.165) is 39.2 Å². The fourth-order valence-corrected chi connectivity index (χ4v) is 4.91. The zero-order valence-electron chi connectivity index (χ0n) is 21.1. The Hall–Kier alpha value is -4.01. The number of aromatic nitrogens is 3. The molecule has 4 nitrogen and oxygen atoms in total. The van der Waals surface area contributed by atoms with Gasteiger partial charge in [-0.25, -0.2) is 4.98 Å². The summed E-state index contributed by atoms with van der Waals surface area (Å²) in [6.45, 7) is 2.22. The van der Waals surface area contributed by atoms with E-state index in [0.29, 0.717) is 5.56 Å². The van der Waals surface area contributed by atoms with Gasteiger partial charge in [0, 0.05) is 45.9 Å². The smallest absolute Gasteiger partial charge is 0.143 e. The molecule has 5 heteroatoms. The van der Waals surface area contributed by atoms with Crippen LogP contribution in [0.25, 0.3) is 44.8 Å². The molecule has 2 heterocycles. The van der Waals surface area contributed by atoms with Crippen molar-refractivity contribution in [1.29, 1.82) is 0 Å². The quantitative estimate of drug-likeness (QED) is 0.191. The second-order valence-corrected chi connectivity index (χ2v) is 9.27. The summed E-state index contributed by atoms with van der Waals surface area (Å²) in [4.78, 5) is 9.63. The van der Waals surface area contributed by atoms with Gasteiger partial charge in [0.05, 0.1) is 16.6 Å². The van der Waals surface area contributed by atoms with Crippen molar-refractivity contribution < 1.29 is 26.2 Å². The summed E-state index contributed by atoms with van der Waals surface area (Å²) < 4.78 is 2.02. The van der Waals surface area contributed by atoms with Gasteiger partial charge in [0.1, 0.15) is 11.6 Å². The molecule has 0 aliphatic carbocycles. The molecule has 1 atom stereocenters. The van der Waals surface area contributed by atoms with Crippen molar-refractivity contribution >= 4 is 11.0 Å². The minimum atomic E-state index is 0. The third kappa shape index (κ3) is 4.68. The molecule has 38 heavy (non-hydrogen) atoms. The summed E-state index contributed by atoms with van der Waals surface area (Å²) in [6, 6.07) is 38.0. The number of para-hydroxylation sites is 2. The van der Waals surface area contributed by atoms with Crippen LogP contribution in [0.2, 0.25) is 0 Å². The zero-order chi connectivity index (χ0) is 25.4. The molecule has 190 valence electrons. The van der Waals surface area contributed by atoms with E-state index in [2.05, 4.69) is 78.6 Å². The van der Waals surface area contributed by atoms with Gasteiger partial charge in [0.2, 0.25) is 0 Å². The van der Waals surface area contributed by atoms with Crippen LogP contribution in [0.15, 0.2) is 109 Å². The predicted octanol–water partition coefficient (Wildman–Crippen LogP) is 7.62. The fourth-order valence-electron chi connectivity index (χ4n) is 4.91. The summed E-state index contributed by atoms with van der Waals surface area (Å²) in [5, 5.41) is 10.4. The van der Waals surface area contributed by atoms with Gasteiger partial charge in [0.25, 0.3) is 0 Å². The van der Waals surface area contributed by atoms with Crippen LogP contribution in [0.5, 0.6) is 5.75 Å². The van der Waals surface area contributed by atoms with Crippen LogP contribution in [-0.4, -0.2) is 19.6 Å². The fraction of sp³-hybridized carbons (Fsp3) is 0.0909. The van der Waals surface area contributed by atoms with Crippen LogP contribution >= 0.6 is 0 Å². The first kappa shape index (κ1) is 25.6. The number of pyridine rings is 1. The Morgan fingerprint density at radius 3 is 2.29 bits per heavy atom. The minimum Gasteiger partial charge on any atom is -0.507 e. The van der Waals surface area contributed by atoms with Crippen molar-refractivity contribution in [3.05, 3.63) is 127 Å². The number of benzene rings is 4. The van der Waals surface area contributed by atoms with Crippen molar-refractivity contribution in [3.8, 4) is 39.5 Å². The van der Waals surface area contributed by atoms with Gasteiger partial charge >= 0.3 is 0 Å². The first-order chi connectivity index (χ1) is 18.1. The molecule has 1 N–H and O–H groups in total. The van der Waals surface area contributed by atoms with Gasteiger partial charge in [0.15, 0.2) is 0 Å². The first-order valence-electron chi connectivity index (χ1n) is 12.4. The van der Waals surface area contributed by atoms with E-state index < -0.39 is 0 Å². The number of aromatic hydroxyl groups is 1. The zero-order valence-corrected chi connectivity index (χ0v) is 23.3. The third-order valence-electron chi connectivity index (χ3n) is 7.00. The van der Waals surface area contributed by atoms with Crippen molar-refractivity contribution in [2.24, 2.45) is 7.05 Å². The summed E-state index contributed by atoms with van der Waals surface area (Å²) >= 11 is 0. The van der Waals surface area contributed by atoms with Crippen molar-refractivity contribution in [3.63, 3.8) is 0 Å². The molecular weight excluding hydrogens is 649 g/mol. The SMILES string of the molecule is CC(c1ccccc1)c1ccnc(-c2[c-]c(-c3cccc4c3nc(-c3ccccc3O)n4C)ccc2)c1.[Pt]. The predicted molar refractivity (Wildman–Crippen MR) is 149 cm³/mol. The number of imidazole rings is 1. The number of fused-ring (bicyclic) bond motifs is 1. The van der Waals surface area contributed by atoms with Crippen molar-refractivity contribution in [2.45, 2.75) is 12.8 Å². The van der Waals surface area contributed by atoms with Crippen LogP contribution < -0.4 is 0 Å². The molecule has 0 aliphatic rings. The van der Waals surface area contributed by atoms with Crippen LogP contribution in [0, 0.1) is 6.07 Å².